The third-order valence-corrected chi connectivity index (χ3v) is 13.5. The quantitative estimate of drug-likeness (QED) is 0.163. The highest BCUT2D eigenvalue weighted by Gasteiger charge is 2.16. The summed E-state index contributed by atoms with van der Waals surface area (Å²) in [5.41, 5.74) is 9.19. The first-order valence-corrected chi connectivity index (χ1v) is 21.1. The van der Waals surface area contributed by atoms with Gasteiger partial charge in [-0.25, -0.2) is 0 Å². The number of furan rings is 1. The van der Waals surface area contributed by atoms with Crippen molar-refractivity contribution >= 4 is 108 Å². The first kappa shape index (κ1) is 32.9. The Balaban J connectivity index is 0.856. The van der Waals surface area contributed by atoms with Gasteiger partial charge >= 0.3 is 0 Å². The summed E-state index contributed by atoms with van der Waals surface area (Å²) in [5, 5.41) is 22.6. The molecule has 0 fully saturated rings. The van der Waals surface area contributed by atoms with E-state index in [1.165, 1.54) is 120 Å². The van der Waals surface area contributed by atoms with Gasteiger partial charge in [0.1, 0.15) is 11.2 Å². The van der Waals surface area contributed by atoms with Crippen molar-refractivity contribution in [2.45, 2.75) is 0 Å². The summed E-state index contributed by atoms with van der Waals surface area (Å²) >= 11 is 0. The predicted octanol–water partition coefficient (Wildman–Crippen LogP) is 17.3. The number of rotatable bonds is 3. The molecular formula is C60H34O. The Morgan fingerprint density at radius 2 is 0.689 bits per heavy atom. The van der Waals surface area contributed by atoms with E-state index in [9.17, 15) is 0 Å². The van der Waals surface area contributed by atoms with Gasteiger partial charge in [-0.2, -0.15) is 0 Å². The molecule has 280 valence electrons. The van der Waals surface area contributed by atoms with Gasteiger partial charge in [0.2, 0.25) is 0 Å². The zero-order chi connectivity index (χ0) is 39.8. The van der Waals surface area contributed by atoms with Crippen molar-refractivity contribution in [2.75, 3.05) is 0 Å². The lowest BCUT2D eigenvalue weighted by molar-refractivity contribution is 0.670. The fraction of sp³-hybridized carbons (Fsp3) is 0. The van der Waals surface area contributed by atoms with E-state index in [-0.39, 0.29) is 0 Å². The van der Waals surface area contributed by atoms with Crippen LogP contribution in [0.2, 0.25) is 0 Å². The molecule has 14 aromatic rings. The van der Waals surface area contributed by atoms with E-state index < -0.39 is 0 Å². The molecule has 0 bridgehead atoms. The number of fused-ring (bicyclic) bond motifs is 11. The van der Waals surface area contributed by atoms with Crippen molar-refractivity contribution in [3.05, 3.63) is 206 Å². The van der Waals surface area contributed by atoms with Crippen LogP contribution in [0.4, 0.5) is 0 Å². The molecule has 1 heteroatoms. The van der Waals surface area contributed by atoms with Crippen LogP contribution in [-0.4, -0.2) is 0 Å². The van der Waals surface area contributed by atoms with Gasteiger partial charge in [0.15, 0.2) is 0 Å². The van der Waals surface area contributed by atoms with E-state index in [1.807, 2.05) is 0 Å². The highest BCUT2D eigenvalue weighted by atomic mass is 16.3. The minimum atomic E-state index is 0.922. The lowest BCUT2D eigenvalue weighted by Gasteiger charge is -2.15. The first-order chi connectivity index (χ1) is 30.2. The minimum Gasteiger partial charge on any atom is -0.456 e. The van der Waals surface area contributed by atoms with E-state index in [0.29, 0.717) is 0 Å². The van der Waals surface area contributed by atoms with Crippen LogP contribution in [0.5, 0.6) is 0 Å². The second-order valence-corrected chi connectivity index (χ2v) is 16.8. The lowest BCUT2D eigenvalue weighted by atomic mass is 9.89. The van der Waals surface area contributed by atoms with Gasteiger partial charge in [-0.1, -0.05) is 158 Å². The van der Waals surface area contributed by atoms with Gasteiger partial charge in [-0.05, 0) is 168 Å². The zero-order valence-electron chi connectivity index (χ0n) is 33.0. The molecule has 13 aromatic carbocycles. The van der Waals surface area contributed by atoms with Gasteiger partial charge in [-0.15, -0.1) is 0 Å². The molecule has 0 aliphatic rings. The van der Waals surface area contributed by atoms with Gasteiger partial charge in [0.25, 0.3) is 0 Å². The van der Waals surface area contributed by atoms with Gasteiger partial charge < -0.3 is 4.42 Å². The third kappa shape index (κ3) is 4.83. The van der Waals surface area contributed by atoms with Crippen molar-refractivity contribution in [1.82, 2.24) is 0 Å². The molecule has 0 aliphatic heterocycles. The summed E-state index contributed by atoms with van der Waals surface area (Å²) in [7, 11) is 0. The molecule has 1 heterocycles. The van der Waals surface area contributed by atoms with Crippen molar-refractivity contribution in [1.29, 1.82) is 0 Å². The highest BCUT2D eigenvalue weighted by Crippen LogP contribution is 2.43. The van der Waals surface area contributed by atoms with Crippen LogP contribution in [0.25, 0.3) is 141 Å². The monoisotopic (exact) mass is 770 g/mol. The second-order valence-electron chi connectivity index (χ2n) is 16.8. The molecule has 0 aliphatic carbocycles. The molecule has 0 atom stereocenters. The molecule has 1 nitrogen and oxygen atoms in total. The molecule has 0 radical (unpaired) electrons. The van der Waals surface area contributed by atoms with Crippen LogP contribution in [0.1, 0.15) is 0 Å². The Morgan fingerprint density at radius 3 is 1.49 bits per heavy atom. The number of hydrogen-bond donors (Lipinski definition) is 0. The number of benzene rings is 13. The van der Waals surface area contributed by atoms with E-state index in [1.54, 1.807) is 0 Å². The SMILES string of the molecule is c1cc(-c2ccc3cc(-c4ccc5ccc6cccc7ccc4c5c67)ccc3c2)cc(-c2ccc3c(c2)c2ccccc2c2cc4c(cc32)oc2cc3ccccc3cc24)c1. The molecule has 0 N–H and O–H groups in total. The normalized spacial score (nSPS) is 12.3. The van der Waals surface area contributed by atoms with Crippen molar-refractivity contribution in [2.24, 2.45) is 0 Å². The fourth-order valence-electron chi connectivity index (χ4n) is 10.5. The highest BCUT2D eigenvalue weighted by molar-refractivity contribution is 6.29. The Kier molecular flexibility index (Phi) is 6.62. The van der Waals surface area contributed by atoms with Crippen LogP contribution in [-0.2, 0) is 0 Å². The third-order valence-electron chi connectivity index (χ3n) is 13.5. The maximum absolute atomic E-state index is 6.57. The van der Waals surface area contributed by atoms with Crippen LogP contribution in [0, 0.1) is 0 Å². The fourth-order valence-corrected chi connectivity index (χ4v) is 10.5. The van der Waals surface area contributed by atoms with Gasteiger partial charge in [0, 0.05) is 10.8 Å². The standard InChI is InChI=1S/C60H34O/c1-2-8-41-32-57-55(31-40(41)7-1)56-33-53-49-14-4-3-13-48(49)52-30-45(23-25-50(52)54(53)34-58(56)61-57)39-12-6-11-38(27-39)42-17-18-44-29-46(20-19-43(44)28-42)47-24-21-37-16-15-35-9-5-10-36-22-26-51(47)60(37)59(35)36/h1-34H. The van der Waals surface area contributed by atoms with Crippen molar-refractivity contribution in [3.63, 3.8) is 0 Å². The molecular weight excluding hydrogens is 737 g/mol. The summed E-state index contributed by atoms with van der Waals surface area (Å²) in [5.74, 6) is 0. The van der Waals surface area contributed by atoms with Crippen LogP contribution in [0.15, 0.2) is 211 Å². The van der Waals surface area contributed by atoms with E-state index in [0.717, 1.165) is 21.9 Å². The second kappa shape index (κ2) is 12.3. The first-order valence-electron chi connectivity index (χ1n) is 21.1. The number of hydrogen-bond acceptors (Lipinski definition) is 1. The Morgan fingerprint density at radius 1 is 0.213 bits per heavy atom. The lowest BCUT2D eigenvalue weighted by Crippen LogP contribution is -1.88. The molecule has 0 saturated carbocycles. The molecule has 0 amide bonds. The topological polar surface area (TPSA) is 13.1 Å². The summed E-state index contributed by atoms with van der Waals surface area (Å²) < 4.78 is 6.57. The average molecular weight is 771 g/mol. The molecule has 61 heavy (non-hydrogen) atoms. The average Bonchev–Trinajstić information content (AvgIpc) is 3.67. The van der Waals surface area contributed by atoms with Crippen LogP contribution < -0.4 is 0 Å². The zero-order valence-corrected chi connectivity index (χ0v) is 33.0. The summed E-state index contributed by atoms with van der Waals surface area (Å²) in [6.07, 6.45) is 0. The molecule has 0 saturated heterocycles. The molecule has 0 spiro atoms. The largest absolute Gasteiger partial charge is 0.456 e. The Hall–Kier alpha value is -8.00. The van der Waals surface area contributed by atoms with E-state index in [4.69, 9.17) is 4.42 Å². The summed E-state index contributed by atoms with van der Waals surface area (Å²) in [6.45, 7) is 0. The Labute approximate surface area is 350 Å². The van der Waals surface area contributed by atoms with Crippen molar-refractivity contribution in [3.8, 4) is 33.4 Å². The Bertz CT molecular complexity index is 4150. The van der Waals surface area contributed by atoms with E-state index >= 15 is 0 Å². The molecule has 1 aromatic heterocycles. The smallest absolute Gasteiger partial charge is 0.136 e. The predicted molar refractivity (Wildman–Crippen MR) is 261 cm³/mol. The summed E-state index contributed by atoms with van der Waals surface area (Å²) in [6, 6.07) is 76.5. The van der Waals surface area contributed by atoms with E-state index in [2.05, 4.69) is 206 Å². The van der Waals surface area contributed by atoms with Crippen LogP contribution >= 0.6 is 0 Å². The van der Waals surface area contributed by atoms with Crippen LogP contribution in [0.3, 0.4) is 0 Å². The summed E-state index contributed by atoms with van der Waals surface area (Å²) in [4.78, 5) is 0. The van der Waals surface area contributed by atoms with Gasteiger partial charge in [-0.3, -0.25) is 0 Å². The molecule has 0 unspecified atom stereocenters. The maximum Gasteiger partial charge on any atom is 0.136 e. The van der Waals surface area contributed by atoms with Gasteiger partial charge in [0.05, 0.1) is 0 Å². The van der Waals surface area contributed by atoms with Crippen molar-refractivity contribution < 1.29 is 4.42 Å². The molecule has 14 rings (SSSR count). The maximum atomic E-state index is 6.57. The minimum absolute atomic E-state index is 0.922.